The fourth-order valence-corrected chi connectivity index (χ4v) is 1.33. The minimum atomic E-state index is -0.642. The van der Waals surface area contributed by atoms with E-state index in [9.17, 15) is 9.59 Å². The average Bonchev–Trinajstić information content (AvgIpc) is 2.31. The van der Waals surface area contributed by atoms with Gasteiger partial charge >= 0.3 is 0 Å². The minimum absolute atomic E-state index is 0.0358. The van der Waals surface area contributed by atoms with Crippen molar-refractivity contribution < 1.29 is 9.59 Å². The summed E-state index contributed by atoms with van der Waals surface area (Å²) in [6.45, 7) is 8.52. The van der Waals surface area contributed by atoms with E-state index >= 15 is 0 Å². The number of carbonyl (C=O) groups excluding carboxylic acids is 2. The van der Waals surface area contributed by atoms with Gasteiger partial charge in [0.15, 0.2) is 0 Å². The number of carbonyl (C=O) groups is 2. The van der Waals surface area contributed by atoms with Crippen LogP contribution in [0.25, 0.3) is 0 Å². The number of amides is 2. The summed E-state index contributed by atoms with van der Waals surface area (Å²) in [5.74, 6) is -0.406. The molecule has 106 valence electrons. The van der Waals surface area contributed by atoms with Crippen molar-refractivity contribution in [3.63, 3.8) is 0 Å². The molecule has 0 aliphatic carbocycles. The van der Waals surface area contributed by atoms with Crippen molar-refractivity contribution >= 4 is 11.8 Å². The van der Waals surface area contributed by atoms with E-state index in [0.717, 1.165) is 19.3 Å². The quantitative estimate of drug-likeness (QED) is 0.534. The zero-order chi connectivity index (χ0) is 14.2. The molecule has 0 aliphatic rings. The first-order valence-corrected chi connectivity index (χ1v) is 6.62. The molecule has 4 N–H and O–H groups in total. The number of rotatable bonds is 9. The summed E-state index contributed by atoms with van der Waals surface area (Å²) in [5, 5.41) is 5.90. The van der Waals surface area contributed by atoms with E-state index in [2.05, 4.69) is 17.6 Å². The topological polar surface area (TPSA) is 84.2 Å². The summed E-state index contributed by atoms with van der Waals surface area (Å²) in [4.78, 5) is 22.8. The summed E-state index contributed by atoms with van der Waals surface area (Å²) in [6, 6.07) is -0.315. The predicted molar refractivity (Wildman–Crippen MR) is 73.0 cm³/mol. The van der Waals surface area contributed by atoms with Crippen LogP contribution in [-0.4, -0.2) is 30.9 Å². The highest BCUT2D eigenvalue weighted by Crippen LogP contribution is 2.12. The minimum Gasteiger partial charge on any atom is -0.369 e. The molecule has 1 unspecified atom stereocenters. The third-order valence-electron chi connectivity index (χ3n) is 2.99. The molecule has 0 heterocycles. The Hall–Kier alpha value is -1.10. The van der Waals surface area contributed by atoms with E-state index in [4.69, 9.17) is 5.73 Å². The predicted octanol–water partition coefficient (Wildman–Crippen LogP) is 0.782. The Balaban J connectivity index is 3.91. The van der Waals surface area contributed by atoms with Gasteiger partial charge < -0.3 is 16.4 Å². The van der Waals surface area contributed by atoms with E-state index in [1.165, 1.54) is 0 Å². The van der Waals surface area contributed by atoms with Crippen LogP contribution in [0.1, 0.15) is 47.0 Å². The Kier molecular flexibility index (Phi) is 7.59. The van der Waals surface area contributed by atoms with Gasteiger partial charge in [-0.25, -0.2) is 0 Å². The summed E-state index contributed by atoms with van der Waals surface area (Å²) in [6.07, 6.45) is 3.26. The number of nitrogens with one attached hydrogen (secondary N) is 2. The highest BCUT2D eigenvalue weighted by molar-refractivity contribution is 5.82. The molecule has 0 spiro atoms. The second-order valence-electron chi connectivity index (χ2n) is 5.35. The van der Waals surface area contributed by atoms with Crippen LogP contribution in [0, 0.1) is 5.41 Å². The molecule has 5 nitrogen and oxygen atoms in total. The molecule has 0 aromatic carbocycles. The molecule has 0 aliphatic heterocycles. The van der Waals surface area contributed by atoms with Crippen LogP contribution in [0.4, 0.5) is 0 Å². The summed E-state index contributed by atoms with van der Waals surface area (Å²) >= 11 is 0. The fourth-order valence-electron chi connectivity index (χ4n) is 1.33. The van der Waals surface area contributed by atoms with Crippen LogP contribution in [0.15, 0.2) is 0 Å². The third kappa shape index (κ3) is 6.59. The molecule has 0 aromatic rings. The lowest BCUT2D eigenvalue weighted by atomic mass is 9.92. The second kappa shape index (κ2) is 8.08. The van der Waals surface area contributed by atoms with E-state index in [-0.39, 0.29) is 17.9 Å². The molecule has 0 radical (unpaired) electrons. The van der Waals surface area contributed by atoms with Gasteiger partial charge in [-0.2, -0.15) is 0 Å². The Labute approximate surface area is 110 Å². The van der Waals surface area contributed by atoms with Gasteiger partial charge in [0.2, 0.25) is 11.8 Å². The lowest BCUT2D eigenvalue weighted by molar-refractivity contribution is -0.127. The highest BCUT2D eigenvalue weighted by Gasteiger charge is 2.26. The summed E-state index contributed by atoms with van der Waals surface area (Å²) in [5.41, 5.74) is 4.62. The Morgan fingerprint density at radius 2 is 1.89 bits per heavy atom. The molecular formula is C13H27N3O2. The van der Waals surface area contributed by atoms with Crippen molar-refractivity contribution in [2.45, 2.75) is 53.0 Å². The molecule has 0 saturated heterocycles. The lowest BCUT2D eigenvalue weighted by Gasteiger charge is -2.23. The van der Waals surface area contributed by atoms with Crippen LogP contribution in [0.2, 0.25) is 0 Å². The first kappa shape index (κ1) is 16.9. The van der Waals surface area contributed by atoms with Crippen molar-refractivity contribution in [2.24, 2.45) is 11.1 Å². The van der Waals surface area contributed by atoms with Gasteiger partial charge in [-0.3, -0.25) is 9.59 Å². The van der Waals surface area contributed by atoms with Gasteiger partial charge in [0, 0.05) is 13.1 Å². The van der Waals surface area contributed by atoms with Crippen LogP contribution in [0.3, 0.4) is 0 Å². The van der Waals surface area contributed by atoms with Gasteiger partial charge in [-0.15, -0.1) is 0 Å². The van der Waals surface area contributed by atoms with E-state index in [1.807, 2.05) is 0 Å². The van der Waals surface area contributed by atoms with Gasteiger partial charge in [0.05, 0.1) is 11.5 Å². The molecular weight excluding hydrogens is 230 g/mol. The van der Waals surface area contributed by atoms with Crippen molar-refractivity contribution in [3.8, 4) is 0 Å². The van der Waals surface area contributed by atoms with Crippen molar-refractivity contribution in [2.75, 3.05) is 13.1 Å². The summed E-state index contributed by atoms with van der Waals surface area (Å²) < 4.78 is 0. The largest absolute Gasteiger partial charge is 0.369 e. The number of nitrogens with two attached hydrogens (primary N) is 1. The van der Waals surface area contributed by atoms with E-state index in [0.29, 0.717) is 13.1 Å². The van der Waals surface area contributed by atoms with Gasteiger partial charge in [-0.05, 0) is 27.2 Å². The maximum Gasteiger partial charge on any atom is 0.236 e. The number of primary amides is 1. The normalized spacial score (nSPS) is 13.1. The Morgan fingerprint density at radius 1 is 1.28 bits per heavy atom. The van der Waals surface area contributed by atoms with Crippen molar-refractivity contribution in [3.05, 3.63) is 0 Å². The van der Waals surface area contributed by atoms with Gasteiger partial charge in [-0.1, -0.05) is 19.8 Å². The van der Waals surface area contributed by atoms with Crippen molar-refractivity contribution in [1.82, 2.24) is 10.6 Å². The first-order chi connectivity index (χ1) is 8.31. The van der Waals surface area contributed by atoms with Crippen LogP contribution >= 0.6 is 0 Å². The number of unbranched alkanes of at least 4 members (excludes halogenated alkanes) is 2. The van der Waals surface area contributed by atoms with Crippen LogP contribution < -0.4 is 16.4 Å². The molecule has 5 heteroatoms. The number of hydrogen-bond acceptors (Lipinski definition) is 3. The first-order valence-electron chi connectivity index (χ1n) is 6.62. The lowest BCUT2D eigenvalue weighted by Crippen LogP contribution is -2.48. The second-order valence-corrected chi connectivity index (χ2v) is 5.35. The zero-order valence-corrected chi connectivity index (χ0v) is 12.0. The molecule has 2 amide bonds. The van der Waals surface area contributed by atoms with Crippen LogP contribution in [0.5, 0.6) is 0 Å². The molecule has 0 aromatic heterocycles. The SMILES string of the molecule is CCCCCNC(=O)C(C)NCC(C)(C)C(N)=O. The average molecular weight is 257 g/mol. The molecule has 0 bridgehead atoms. The standard InChI is InChI=1S/C13H27N3O2/c1-5-6-7-8-15-11(17)10(2)16-9-13(3,4)12(14)18/h10,16H,5-9H2,1-4H3,(H2,14,18)(H,15,17). The smallest absolute Gasteiger partial charge is 0.236 e. The third-order valence-corrected chi connectivity index (χ3v) is 2.99. The maximum absolute atomic E-state index is 11.7. The maximum atomic E-state index is 11.7. The van der Waals surface area contributed by atoms with Gasteiger partial charge in [0.1, 0.15) is 0 Å². The summed E-state index contributed by atoms with van der Waals surface area (Å²) in [7, 11) is 0. The Bertz CT molecular complexity index is 277. The fraction of sp³-hybridized carbons (Fsp3) is 0.846. The Morgan fingerprint density at radius 3 is 2.39 bits per heavy atom. The molecule has 18 heavy (non-hydrogen) atoms. The van der Waals surface area contributed by atoms with E-state index in [1.54, 1.807) is 20.8 Å². The molecule has 0 rings (SSSR count). The highest BCUT2D eigenvalue weighted by atomic mass is 16.2. The monoisotopic (exact) mass is 257 g/mol. The zero-order valence-electron chi connectivity index (χ0n) is 12.0. The van der Waals surface area contributed by atoms with Crippen LogP contribution in [-0.2, 0) is 9.59 Å². The molecule has 0 fully saturated rings. The van der Waals surface area contributed by atoms with Crippen molar-refractivity contribution in [1.29, 1.82) is 0 Å². The molecule has 1 atom stereocenters. The van der Waals surface area contributed by atoms with E-state index < -0.39 is 5.41 Å². The van der Waals surface area contributed by atoms with Gasteiger partial charge in [0.25, 0.3) is 0 Å². The molecule has 0 saturated carbocycles. The number of hydrogen-bond donors (Lipinski definition) is 3.